The molecule has 0 aliphatic heterocycles. The van der Waals surface area contributed by atoms with Crippen molar-refractivity contribution in [3.63, 3.8) is 0 Å². The largest absolute Gasteiger partial charge is 0.459 e. The molecule has 172 valence electrons. The Balaban J connectivity index is 0.000000189. The van der Waals surface area contributed by atoms with Crippen LogP contribution in [0, 0.1) is 11.6 Å². The maximum Gasteiger partial charge on any atom is 0.303 e. The summed E-state index contributed by atoms with van der Waals surface area (Å²) < 4.78 is 33.1. The number of nitrogens with zero attached hydrogens (tertiary/aromatic N) is 4. The molecule has 0 unspecified atom stereocenters. The van der Waals surface area contributed by atoms with Crippen LogP contribution in [-0.4, -0.2) is 29.8 Å². The lowest BCUT2D eigenvalue weighted by Crippen LogP contribution is -2.19. The van der Waals surface area contributed by atoms with Crippen LogP contribution in [0.4, 0.5) is 8.78 Å². The third-order valence-electron chi connectivity index (χ3n) is 4.16. The van der Waals surface area contributed by atoms with Gasteiger partial charge in [0, 0.05) is 19.3 Å². The fourth-order valence-corrected chi connectivity index (χ4v) is 3.44. The highest BCUT2D eigenvalue weighted by molar-refractivity contribution is 9.10. The molecule has 0 atom stereocenters. The van der Waals surface area contributed by atoms with Gasteiger partial charge in [-0.05, 0) is 56.1 Å². The Hall–Kier alpha value is -3.03. The summed E-state index contributed by atoms with van der Waals surface area (Å²) >= 11 is 6.07. The second-order valence-electron chi connectivity index (χ2n) is 6.44. The summed E-state index contributed by atoms with van der Waals surface area (Å²) in [4.78, 5) is 42.4. The van der Waals surface area contributed by atoms with Gasteiger partial charge in [-0.1, -0.05) is 0 Å². The van der Waals surface area contributed by atoms with Gasteiger partial charge >= 0.3 is 5.97 Å². The summed E-state index contributed by atoms with van der Waals surface area (Å²) in [7, 11) is 0. The van der Waals surface area contributed by atoms with Crippen LogP contribution < -0.4 is 11.1 Å². The minimum Gasteiger partial charge on any atom is -0.459 e. The molecule has 0 aliphatic carbocycles. The molecule has 4 heterocycles. The number of halogens is 4. The number of fused-ring (bicyclic) bond motifs is 2. The Bertz CT molecular complexity index is 1490. The van der Waals surface area contributed by atoms with Gasteiger partial charge in [-0.25, -0.2) is 18.7 Å². The van der Waals surface area contributed by atoms with Crippen LogP contribution in [0.15, 0.2) is 55.2 Å². The van der Waals surface area contributed by atoms with Crippen LogP contribution in [-0.2, 0) is 22.7 Å². The van der Waals surface area contributed by atoms with Crippen LogP contribution in [0.1, 0.15) is 18.3 Å². The van der Waals surface area contributed by atoms with Crippen molar-refractivity contribution in [2.24, 2.45) is 0 Å². The Morgan fingerprint density at radius 2 is 1.39 bits per heavy atom. The Labute approximate surface area is 200 Å². The van der Waals surface area contributed by atoms with Crippen LogP contribution in [0.25, 0.3) is 11.3 Å². The van der Waals surface area contributed by atoms with E-state index in [0.717, 1.165) is 21.2 Å². The van der Waals surface area contributed by atoms with Crippen LogP contribution in [0.3, 0.4) is 0 Å². The summed E-state index contributed by atoms with van der Waals surface area (Å²) in [5.74, 6) is -1.52. The number of carbonyl (C=O) groups excluding carboxylic acids is 1. The lowest BCUT2D eigenvalue weighted by molar-refractivity contribution is -0.142. The number of hydrogen-bond acceptors (Lipinski definition) is 7. The van der Waals surface area contributed by atoms with Gasteiger partial charge in [0.05, 0.1) is 12.3 Å². The fraction of sp³-hybridized carbons (Fsp3) is 0.150. The van der Waals surface area contributed by atoms with Crippen molar-refractivity contribution in [3.05, 3.63) is 89.3 Å². The molecule has 1 N–H and O–H groups in total. The average Bonchev–Trinajstić information content (AvgIpc) is 2.79. The maximum atomic E-state index is 13.0. The zero-order valence-electron chi connectivity index (χ0n) is 16.8. The standard InChI is InChI=1S/C11H8BrFN2O3.C9H6BrFN2O2/c1-6(16)18-5-8-10(12)11(17)15-4-7(13)2-3-9(15)14-8;10-8-6(4-14)12-7-2-1-5(11)3-13(7)9(8)15/h2-4H,5H2,1H3;1-3,14H,4H2. The molecular weight excluding hydrogens is 574 g/mol. The quantitative estimate of drug-likeness (QED) is 0.367. The highest BCUT2D eigenvalue weighted by Crippen LogP contribution is 2.13. The average molecular weight is 588 g/mol. The van der Waals surface area contributed by atoms with Crippen molar-refractivity contribution < 1.29 is 23.4 Å². The van der Waals surface area contributed by atoms with Gasteiger partial charge in [-0.2, -0.15) is 0 Å². The number of rotatable bonds is 3. The molecule has 4 rings (SSSR count). The third kappa shape index (κ3) is 5.49. The number of ether oxygens (including phenoxy) is 1. The van der Waals surface area contributed by atoms with Crippen molar-refractivity contribution in [2.75, 3.05) is 0 Å². The normalized spacial score (nSPS) is 10.7. The summed E-state index contributed by atoms with van der Waals surface area (Å²) in [6.45, 7) is 0.805. The van der Waals surface area contributed by atoms with Crippen LogP contribution >= 0.6 is 31.9 Å². The number of hydrogen-bond donors (Lipinski definition) is 1. The van der Waals surface area contributed by atoms with Crippen molar-refractivity contribution in [1.82, 2.24) is 18.8 Å². The molecule has 0 saturated carbocycles. The Morgan fingerprint density at radius 3 is 1.85 bits per heavy atom. The van der Waals surface area contributed by atoms with Gasteiger partial charge < -0.3 is 9.84 Å². The Kier molecular flexibility index (Phi) is 7.66. The molecule has 0 spiro atoms. The van der Waals surface area contributed by atoms with Crippen LogP contribution in [0.2, 0.25) is 0 Å². The molecule has 0 saturated heterocycles. The molecule has 0 aliphatic rings. The first-order valence-electron chi connectivity index (χ1n) is 9.09. The Morgan fingerprint density at radius 1 is 0.939 bits per heavy atom. The van der Waals surface area contributed by atoms with Crippen molar-refractivity contribution in [2.45, 2.75) is 20.1 Å². The maximum absolute atomic E-state index is 13.0. The number of esters is 1. The van der Waals surface area contributed by atoms with Crippen molar-refractivity contribution in [1.29, 1.82) is 0 Å². The predicted molar refractivity (Wildman–Crippen MR) is 120 cm³/mol. The smallest absolute Gasteiger partial charge is 0.303 e. The molecule has 0 aromatic carbocycles. The van der Waals surface area contributed by atoms with Crippen LogP contribution in [0.5, 0.6) is 0 Å². The van der Waals surface area contributed by atoms with E-state index in [2.05, 4.69) is 41.8 Å². The molecule has 4 aromatic heterocycles. The highest BCUT2D eigenvalue weighted by Gasteiger charge is 2.12. The first-order valence-corrected chi connectivity index (χ1v) is 10.7. The lowest BCUT2D eigenvalue weighted by atomic mass is 10.4. The number of aromatic nitrogens is 4. The molecule has 9 nitrogen and oxygen atoms in total. The van der Waals surface area contributed by atoms with E-state index in [1.54, 1.807) is 0 Å². The van der Waals surface area contributed by atoms with E-state index in [0.29, 0.717) is 11.3 Å². The summed E-state index contributed by atoms with van der Waals surface area (Å²) in [6, 6.07) is 5.16. The van der Waals surface area contributed by atoms with Crippen molar-refractivity contribution >= 4 is 49.1 Å². The minimum absolute atomic E-state index is 0.112. The zero-order valence-corrected chi connectivity index (χ0v) is 19.9. The monoisotopic (exact) mass is 586 g/mol. The summed E-state index contributed by atoms with van der Waals surface area (Å²) in [6.07, 6.45) is 2.10. The van der Waals surface area contributed by atoms with Gasteiger partial charge in [0.25, 0.3) is 11.1 Å². The first kappa shape index (κ1) is 24.6. The molecule has 33 heavy (non-hydrogen) atoms. The molecule has 4 aromatic rings. The molecular formula is C20H14Br2F2N4O5. The van der Waals surface area contributed by atoms with Gasteiger partial charge in [0.1, 0.15) is 44.2 Å². The van der Waals surface area contributed by atoms with E-state index in [-0.39, 0.29) is 33.5 Å². The zero-order chi connectivity index (χ0) is 24.3. The topological polar surface area (TPSA) is 115 Å². The molecule has 0 amide bonds. The van der Waals surface area contributed by atoms with E-state index >= 15 is 0 Å². The van der Waals surface area contributed by atoms with Crippen molar-refractivity contribution in [3.8, 4) is 0 Å². The molecule has 13 heteroatoms. The third-order valence-corrected chi connectivity index (χ3v) is 5.76. The molecule has 0 radical (unpaired) electrons. The van der Waals surface area contributed by atoms with E-state index in [9.17, 15) is 23.2 Å². The molecule has 0 bridgehead atoms. The highest BCUT2D eigenvalue weighted by atomic mass is 79.9. The van der Waals surface area contributed by atoms with E-state index in [1.165, 1.54) is 31.2 Å². The summed E-state index contributed by atoms with van der Waals surface area (Å²) in [5, 5.41) is 8.94. The predicted octanol–water partition coefficient (Wildman–Crippen LogP) is 2.75. The van der Waals surface area contributed by atoms with Gasteiger partial charge in [0.15, 0.2) is 0 Å². The first-order chi connectivity index (χ1) is 15.6. The minimum atomic E-state index is -0.536. The molecule has 0 fully saturated rings. The number of aliphatic hydroxyl groups excluding tert-OH is 1. The number of carbonyl (C=O) groups is 1. The fourth-order valence-electron chi connectivity index (χ4n) is 2.64. The SMILES string of the molecule is CC(=O)OCc1nc2ccc(F)cn2c(=O)c1Br.O=c1c(Br)c(CO)nc2ccc(F)cn12. The van der Waals surface area contributed by atoms with E-state index in [1.807, 2.05) is 0 Å². The second-order valence-corrected chi connectivity index (χ2v) is 8.03. The van der Waals surface area contributed by atoms with E-state index < -0.39 is 28.7 Å². The van der Waals surface area contributed by atoms with Gasteiger partial charge in [-0.3, -0.25) is 23.2 Å². The number of pyridine rings is 2. The van der Waals surface area contributed by atoms with Gasteiger partial charge in [0.2, 0.25) is 0 Å². The van der Waals surface area contributed by atoms with E-state index in [4.69, 9.17) is 9.84 Å². The van der Waals surface area contributed by atoms with Gasteiger partial charge in [-0.15, -0.1) is 0 Å². The number of aliphatic hydroxyl groups is 1. The lowest BCUT2D eigenvalue weighted by Gasteiger charge is -2.06. The second kappa shape index (κ2) is 10.3. The summed E-state index contributed by atoms with van der Waals surface area (Å²) in [5.41, 5.74) is 0.221.